The molecule has 262 valence electrons. The molecule has 1 aliphatic rings. The number of carbonyl (C=O) groups is 6. The van der Waals surface area contributed by atoms with Crippen LogP contribution in [-0.2, 0) is 52.4 Å². The molecule has 0 aromatic heterocycles. The second-order valence-electron chi connectivity index (χ2n) is 10.7. The van der Waals surface area contributed by atoms with Gasteiger partial charge in [0, 0.05) is 47.4 Å². The van der Waals surface area contributed by atoms with Crippen LogP contribution < -0.4 is 4.74 Å². The molecular formula is C33H37N3O13. The van der Waals surface area contributed by atoms with Gasteiger partial charge >= 0.3 is 29.8 Å². The number of rotatable bonds is 14. The zero-order valence-electron chi connectivity index (χ0n) is 27.7. The summed E-state index contributed by atoms with van der Waals surface area (Å²) in [4.78, 5) is 72.7. The van der Waals surface area contributed by atoms with Gasteiger partial charge in [0.25, 0.3) is 0 Å². The first-order valence-corrected chi connectivity index (χ1v) is 14.9. The van der Waals surface area contributed by atoms with Gasteiger partial charge in [0.1, 0.15) is 18.5 Å². The topological polar surface area (TPSA) is 195 Å². The van der Waals surface area contributed by atoms with Gasteiger partial charge in [-0.1, -0.05) is 23.4 Å². The molecule has 0 radical (unpaired) electrons. The van der Waals surface area contributed by atoms with Crippen molar-refractivity contribution in [1.82, 2.24) is 5.01 Å². The van der Waals surface area contributed by atoms with Crippen molar-refractivity contribution in [2.24, 2.45) is 10.3 Å². The first-order chi connectivity index (χ1) is 23.2. The lowest BCUT2D eigenvalue weighted by Gasteiger charge is -2.43. The number of hydrogen-bond acceptors (Lipinski definition) is 15. The summed E-state index contributed by atoms with van der Waals surface area (Å²) < 4.78 is 37.5. The van der Waals surface area contributed by atoms with E-state index in [0.717, 1.165) is 27.7 Å². The second-order valence-corrected chi connectivity index (χ2v) is 10.7. The van der Waals surface area contributed by atoms with Crippen molar-refractivity contribution < 1.29 is 61.9 Å². The number of carbonyl (C=O) groups excluding carboxylic acids is 6. The maximum atomic E-state index is 12.8. The van der Waals surface area contributed by atoms with Crippen molar-refractivity contribution in [1.29, 1.82) is 0 Å². The summed E-state index contributed by atoms with van der Waals surface area (Å²) in [5.41, 5.74) is 1.75. The zero-order chi connectivity index (χ0) is 36.1. The second kappa shape index (κ2) is 18.1. The molecule has 5 atom stereocenters. The highest BCUT2D eigenvalue weighted by Crippen LogP contribution is 2.30. The summed E-state index contributed by atoms with van der Waals surface area (Å²) in [7, 11) is 3.49. The van der Waals surface area contributed by atoms with Gasteiger partial charge in [0.2, 0.25) is 12.4 Å². The van der Waals surface area contributed by atoms with E-state index in [1.165, 1.54) is 6.08 Å². The van der Waals surface area contributed by atoms with Crippen LogP contribution in [0, 0.1) is 0 Å². The van der Waals surface area contributed by atoms with Crippen LogP contribution >= 0.6 is 0 Å². The van der Waals surface area contributed by atoms with Crippen LogP contribution in [0.4, 0.5) is 5.69 Å². The van der Waals surface area contributed by atoms with E-state index >= 15 is 0 Å². The third-order valence-electron chi connectivity index (χ3n) is 6.35. The van der Waals surface area contributed by atoms with Crippen molar-refractivity contribution in [3.63, 3.8) is 0 Å². The number of esters is 5. The summed E-state index contributed by atoms with van der Waals surface area (Å²) in [6.45, 7) is 3.25. The monoisotopic (exact) mass is 683 g/mol. The Morgan fingerprint density at radius 2 is 1.35 bits per heavy atom. The van der Waals surface area contributed by atoms with E-state index in [1.54, 1.807) is 73.7 Å². The number of nitrogens with zero attached hydrogens (tertiary/aromatic N) is 3. The van der Waals surface area contributed by atoms with Crippen molar-refractivity contribution in [2.75, 3.05) is 27.3 Å². The fraction of sp³-hybridized carbons (Fsp3) is 0.394. The van der Waals surface area contributed by atoms with Gasteiger partial charge in [-0.3, -0.25) is 29.0 Å². The van der Waals surface area contributed by atoms with Crippen LogP contribution in [0.25, 0.3) is 6.08 Å². The average Bonchev–Trinajstić information content (AvgIpc) is 3.03. The molecule has 1 heterocycles. The lowest BCUT2D eigenvalue weighted by molar-refractivity contribution is -0.301. The standard InChI is InChI=1S/C33H37N3O13/c1-19(37)43-17-28-30(45-20(2)38)31(46-21(3)39)32(47-22(4)40)33(48-28)49-29(42)18-44-26-14-7-23(8-15-26)9-16-27(41)24-10-12-25(13-11-24)34-35-36(5)6/h7-16,28,30-33H,17-18H2,1-6H3/b16-9+,35-34+/t28-,30-,31+,32-,33+/m0/s1. The van der Waals surface area contributed by atoms with Gasteiger partial charge in [0.05, 0.1) is 5.69 Å². The molecular weight excluding hydrogens is 646 g/mol. The quantitative estimate of drug-likeness (QED) is 0.0703. The molecule has 16 heteroatoms. The van der Waals surface area contributed by atoms with E-state index in [-0.39, 0.29) is 11.5 Å². The summed E-state index contributed by atoms with van der Waals surface area (Å²) in [5.74, 6) is -4.08. The third kappa shape index (κ3) is 12.5. The largest absolute Gasteiger partial charge is 0.482 e. The molecule has 2 aromatic rings. The summed E-state index contributed by atoms with van der Waals surface area (Å²) in [6, 6.07) is 13.1. The van der Waals surface area contributed by atoms with E-state index in [2.05, 4.69) is 10.3 Å². The van der Waals surface area contributed by atoms with Crippen molar-refractivity contribution in [2.45, 2.75) is 58.4 Å². The minimum absolute atomic E-state index is 0.221. The minimum Gasteiger partial charge on any atom is -0.482 e. The van der Waals surface area contributed by atoms with Crippen LogP contribution in [0.3, 0.4) is 0 Å². The zero-order valence-corrected chi connectivity index (χ0v) is 27.7. The molecule has 0 aliphatic carbocycles. The van der Waals surface area contributed by atoms with Crippen LogP contribution in [-0.4, -0.2) is 98.7 Å². The highest BCUT2D eigenvalue weighted by molar-refractivity contribution is 6.06. The minimum atomic E-state index is -1.68. The number of hydrogen-bond donors (Lipinski definition) is 0. The summed E-state index contributed by atoms with van der Waals surface area (Å²) in [6.07, 6.45) is -4.39. The van der Waals surface area contributed by atoms with E-state index < -0.39 is 73.8 Å². The van der Waals surface area contributed by atoms with Gasteiger partial charge in [-0.2, -0.15) is 0 Å². The fourth-order valence-electron chi connectivity index (χ4n) is 4.37. The normalized spacial score (nSPS) is 20.2. The summed E-state index contributed by atoms with van der Waals surface area (Å²) >= 11 is 0. The molecule has 1 aliphatic heterocycles. The number of benzene rings is 2. The smallest absolute Gasteiger partial charge is 0.346 e. The highest BCUT2D eigenvalue weighted by atomic mass is 16.8. The lowest BCUT2D eigenvalue weighted by Crippen LogP contribution is -2.63. The van der Waals surface area contributed by atoms with Crippen molar-refractivity contribution in [3.8, 4) is 5.75 Å². The predicted octanol–water partition coefficient (Wildman–Crippen LogP) is 3.15. The van der Waals surface area contributed by atoms with Gasteiger partial charge in [-0.15, -0.1) is 5.11 Å². The molecule has 0 bridgehead atoms. The van der Waals surface area contributed by atoms with E-state index in [1.807, 2.05) is 0 Å². The first kappa shape index (κ1) is 37.8. The third-order valence-corrected chi connectivity index (χ3v) is 6.35. The van der Waals surface area contributed by atoms with Crippen LogP contribution in [0.1, 0.15) is 43.6 Å². The average molecular weight is 684 g/mol. The maximum Gasteiger partial charge on any atom is 0.346 e. The first-order valence-electron chi connectivity index (χ1n) is 14.9. The van der Waals surface area contributed by atoms with Crippen LogP contribution in [0.2, 0.25) is 0 Å². The Morgan fingerprint density at radius 3 is 1.92 bits per heavy atom. The Labute approximate surface area is 281 Å². The molecule has 49 heavy (non-hydrogen) atoms. The molecule has 16 nitrogen and oxygen atoms in total. The molecule has 0 unspecified atom stereocenters. The maximum absolute atomic E-state index is 12.8. The Bertz CT molecular complexity index is 1550. The predicted molar refractivity (Wildman–Crippen MR) is 168 cm³/mol. The summed E-state index contributed by atoms with van der Waals surface area (Å²) in [5, 5.41) is 9.49. The van der Waals surface area contributed by atoms with E-state index in [4.69, 9.17) is 33.2 Å². The molecule has 1 saturated heterocycles. The molecule has 3 rings (SSSR count). The number of ketones is 1. The molecule has 0 spiro atoms. The number of ether oxygens (including phenoxy) is 7. The van der Waals surface area contributed by atoms with E-state index in [0.29, 0.717) is 16.8 Å². The van der Waals surface area contributed by atoms with Gasteiger partial charge < -0.3 is 33.2 Å². The lowest BCUT2D eigenvalue weighted by atomic mass is 9.98. The van der Waals surface area contributed by atoms with Gasteiger partial charge in [-0.05, 0) is 48.0 Å². The van der Waals surface area contributed by atoms with Gasteiger partial charge in [-0.25, -0.2) is 4.79 Å². The SMILES string of the molecule is CC(=O)OC[C@@H]1O[C@H](OC(=O)COc2ccc(/C=C/C(=O)c3ccc(/N=N/N(C)C)cc3)cc2)[C@@H](OC(C)=O)[C@H](OC(C)=O)[C@H]1OC(C)=O. The Hall–Kier alpha value is -5.64. The van der Waals surface area contributed by atoms with Crippen molar-refractivity contribution >= 4 is 47.4 Å². The Morgan fingerprint density at radius 1 is 0.755 bits per heavy atom. The van der Waals surface area contributed by atoms with Gasteiger partial charge in [0.15, 0.2) is 24.6 Å². The molecule has 2 aromatic carbocycles. The van der Waals surface area contributed by atoms with Crippen LogP contribution in [0.15, 0.2) is 64.9 Å². The Balaban J connectivity index is 1.66. The fourth-order valence-corrected chi connectivity index (χ4v) is 4.37. The van der Waals surface area contributed by atoms with E-state index in [9.17, 15) is 28.8 Å². The molecule has 0 N–H and O–H groups in total. The molecule has 0 saturated carbocycles. The molecule has 1 fully saturated rings. The Kier molecular flexibility index (Phi) is 13.9. The van der Waals surface area contributed by atoms with Crippen LogP contribution in [0.5, 0.6) is 5.75 Å². The highest BCUT2D eigenvalue weighted by Gasteiger charge is 2.53. The molecule has 0 amide bonds. The number of allylic oxidation sites excluding steroid dienone is 1. The van der Waals surface area contributed by atoms with Crippen molar-refractivity contribution in [3.05, 3.63) is 65.7 Å².